The van der Waals surface area contributed by atoms with Crippen LogP contribution in [0.15, 0.2) is 73.1 Å². The number of benzene rings is 2. The molecular formula is C24H20ClF2NO. The van der Waals surface area contributed by atoms with Crippen LogP contribution in [0, 0.1) is 17.6 Å². The van der Waals surface area contributed by atoms with Crippen LogP contribution in [0.4, 0.5) is 8.78 Å². The quantitative estimate of drug-likeness (QED) is 0.544. The van der Waals surface area contributed by atoms with Crippen molar-refractivity contribution in [2.24, 2.45) is 5.92 Å². The number of aliphatic hydroxyl groups excluding tert-OH is 1. The van der Waals surface area contributed by atoms with Crippen LogP contribution in [-0.2, 0) is 0 Å². The molecule has 0 amide bonds. The van der Waals surface area contributed by atoms with Gasteiger partial charge in [0, 0.05) is 29.4 Å². The van der Waals surface area contributed by atoms with E-state index in [1.165, 1.54) is 12.1 Å². The number of aliphatic hydroxyl groups is 1. The first kappa shape index (κ1) is 19.7. The summed E-state index contributed by atoms with van der Waals surface area (Å²) >= 11 is 6.04. The molecule has 3 atom stereocenters. The van der Waals surface area contributed by atoms with E-state index in [0.29, 0.717) is 22.6 Å². The van der Waals surface area contributed by atoms with E-state index in [9.17, 15) is 13.9 Å². The normalized spacial score (nSPS) is 20.2. The molecule has 0 fully saturated rings. The van der Waals surface area contributed by atoms with Gasteiger partial charge in [-0.1, -0.05) is 41.9 Å². The van der Waals surface area contributed by atoms with Crippen LogP contribution in [0.2, 0.25) is 5.02 Å². The molecule has 0 radical (unpaired) electrons. The van der Waals surface area contributed by atoms with Crippen LogP contribution in [0.1, 0.15) is 41.6 Å². The van der Waals surface area contributed by atoms with E-state index in [1.807, 2.05) is 18.2 Å². The Kier molecular flexibility index (Phi) is 5.74. The Morgan fingerprint density at radius 1 is 1.07 bits per heavy atom. The summed E-state index contributed by atoms with van der Waals surface area (Å²) in [5, 5.41) is 11.9. The van der Waals surface area contributed by atoms with Gasteiger partial charge < -0.3 is 5.11 Å². The molecular weight excluding hydrogens is 392 g/mol. The average molecular weight is 412 g/mol. The first-order chi connectivity index (χ1) is 14.0. The Hall–Kier alpha value is -2.56. The lowest BCUT2D eigenvalue weighted by Gasteiger charge is -2.37. The van der Waals surface area contributed by atoms with Crippen molar-refractivity contribution in [3.8, 4) is 0 Å². The topological polar surface area (TPSA) is 33.1 Å². The maximum Gasteiger partial charge on any atom is 0.129 e. The number of hydrogen-bond acceptors (Lipinski definition) is 2. The van der Waals surface area contributed by atoms with E-state index >= 15 is 0 Å². The molecule has 3 aromatic rings. The average Bonchev–Trinajstić information content (AvgIpc) is 2.74. The second-order valence-corrected chi connectivity index (χ2v) is 7.71. The summed E-state index contributed by atoms with van der Waals surface area (Å²) in [6, 6.07) is 14.6. The van der Waals surface area contributed by atoms with Crippen LogP contribution in [0.3, 0.4) is 0 Å². The van der Waals surface area contributed by atoms with Gasteiger partial charge in [-0.05, 0) is 65.3 Å². The zero-order valence-corrected chi connectivity index (χ0v) is 16.4. The smallest absolute Gasteiger partial charge is 0.129 e. The van der Waals surface area contributed by atoms with E-state index < -0.39 is 23.7 Å². The highest BCUT2D eigenvalue weighted by Gasteiger charge is 2.37. The summed E-state index contributed by atoms with van der Waals surface area (Å²) in [5.41, 5.74) is 2.93. The minimum Gasteiger partial charge on any atom is -0.388 e. The lowest BCUT2D eigenvalue weighted by molar-refractivity contribution is 0.116. The minimum absolute atomic E-state index is 0.304. The van der Waals surface area contributed by atoms with Crippen molar-refractivity contribution in [2.75, 3.05) is 0 Å². The van der Waals surface area contributed by atoms with Gasteiger partial charge in [0.2, 0.25) is 0 Å². The zero-order chi connectivity index (χ0) is 20.4. The van der Waals surface area contributed by atoms with Crippen molar-refractivity contribution >= 4 is 17.2 Å². The number of rotatable bonds is 4. The Balaban J connectivity index is 1.82. The summed E-state index contributed by atoms with van der Waals surface area (Å²) < 4.78 is 28.2. The van der Waals surface area contributed by atoms with Crippen molar-refractivity contribution in [3.63, 3.8) is 0 Å². The molecule has 0 aliphatic heterocycles. The predicted molar refractivity (Wildman–Crippen MR) is 110 cm³/mol. The van der Waals surface area contributed by atoms with Gasteiger partial charge in [0.25, 0.3) is 0 Å². The zero-order valence-electron chi connectivity index (χ0n) is 15.6. The maximum atomic E-state index is 14.7. The van der Waals surface area contributed by atoms with E-state index in [-0.39, 0.29) is 5.92 Å². The molecule has 1 aliphatic rings. The fourth-order valence-electron chi connectivity index (χ4n) is 4.20. The van der Waals surface area contributed by atoms with Crippen molar-refractivity contribution in [1.29, 1.82) is 0 Å². The number of nitrogens with zero attached hydrogens (tertiary/aromatic N) is 1. The highest BCUT2D eigenvalue weighted by molar-refractivity contribution is 6.30. The molecule has 2 nitrogen and oxygen atoms in total. The Labute approximate surface area is 173 Å². The highest BCUT2D eigenvalue weighted by Crippen LogP contribution is 2.49. The van der Waals surface area contributed by atoms with Crippen LogP contribution in [0.25, 0.3) is 5.57 Å². The number of hydrogen-bond donors (Lipinski definition) is 1. The molecule has 3 unspecified atom stereocenters. The summed E-state index contributed by atoms with van der Waals surface area (Å²) in [7, 11) is 0. The molecule has 148 valence electrons. The lowest BCUT2D eigenvalue weighted by atomic mass is 9.69. The largest absolute Gasteiger partial charge is 0.388 e. The summed E-state index contributed by atoms with van der Waals surface area (Å²) in [4.78, 5) is 4.12. The molecule has 2 aromatic carbocycles. The molecule has 4 rings (SSSR count). The molecule has 0 saturated carbocycles. The molecule has 0 saturated heterocycles. The molecule has 29 heavy (non-hydrogen) atoms. The summed E-state index contributed by atoms with van der Waals surface area (Å²) in [5.74, 6) is -1.91. The first-order valence-electron chi connectivity index (χ1n) is 9.53. The Morgan fingerprint density at radius 2 is 1.86 bits per heavy atom. The van der Waals surface area contributed by atoms with Gasteiger partial charge in [0.05, 0.1) is 6.10 Å². The van der Waals surface area contributed by atoms with Crippen LogP contribution >= 0.6 is 11.6 Å². The third-order valence-electron chi connectivity index (χ3n) is 5.54. The van der Waals surface area contributed by atoms with Crippen LogP contribution < -0.4 is 0 Å². The van der Waals surface area contributed by atoms with E-state index in [1.54, 1.807) is 30.6 Å². The van der Waals surface area contributed by atoms with Crippen molar-refractivity contribution in [2.45, 2.75) is 24.9 Å². The van der Waals surface area contributed by atoms with Gasteiger partial charge in [-0.25, -0.2) is 8.78 Å². The van der Waals surface area contributed by atoms with Gasteiger partial charge >= 0.3 is 0 Å². The van der Waals surface area contributed by atoms with Crippen LogP contribution in [-0.4, -0.2) is 10.1 Å². The molecule has 1 aliphatic carbocycles. The number of pyridine rings is 1. The first-order valence-corrected chi connectivity index (χ1v) is 9.91. The third kappa shape index (κ3) is 4.09. The Bertz CT molecular complexity index is 1020. The van der Waals surface area contributed by atoms with E-state index in [2.05, 4.69) is 11.1 Å². The monoisotopic (exact) mass is 411 g/mol. The standard InChI is InChI=1S/C24H20ClF2NO/c25-17-8-6-15(7-9-17)19-4-1-5-21(20-11-10-18(26)13-22(20)27)23(19)24(29)16-3-2-12-28-14-16/h2-4,6-14,21,23-24,29H,1,5H2. The molecule has 5 heteroatoms. The van der Waals surface area contributed by atoms with E-state index in [4.69, 9.17) is 11.6 Å². The van der Waals surface area contributed by atoms with Gasteiger partial charge in [-0.3, -0.25) is 4.98 Å². The van der Waals surface area contributed by atoms with Crippen LogP contribution in [0.5, 0.6) is 0 Å². The highest BCUT2D eigenvalue weighted by atomic mass is 35.5. The van der Waals surface area contributed by atoms with Gasteiger partial charge in [-0.2, -0.15) is 0 Å². The van der Waals surface area contributed by atoms with Gasteiger partial charge in [0.15, 0.2) is 0 Å². The van der Waals surface area contributed by atoms with Crippen molar-refractivity contribution in [1.82, 2.24) is 4.98 Å². The SMILES string of the molecule is OC(c1cccnc1)C1C(c2ccc(Cl)cc2)=CCCC1c1ccc(F)cc1F. The van der Waals surface area contributed by atoms with E-state index in [0.717, 1.165) is 23.6 Å². The number of allylic oxidation sites excluding steroid dienone is 1. The summed E-state index contributed by atoms with van der Waals surface area (Å²) in [6.45, 7) is 0. The second-order valence-electron chi connectivity index (χ2n) is 7.27. The molecule has 0 bridgehead atoms. The lowest BCUT2D eigenvalue weighted by Crippen LogP contribution is -2.26. The molecule has 1 heterocycles. The maximum absolute atomic E-state index is 14.7. The van der Waals surface area contributed by atoms with Crippen molar-refractivity contribution in [3.05, 3.63) is 106 Å². The molecule has 1 aromatic heterocycles. The fraction of sp³-hybridized carbons (Fsp3) is 0.208. The fourth-order valence-corrected chi connectivity index (χ4v) is 4.33. The van der Waals surface area contributed by atoms with Gasteiger partial charge in [-0.15, -0.1) is 0 Å². The third-order valence-corrected chi connectivity index (χ3v) is 5.79. The van der Waals surface area contributed by atoms with Gasteiger partial charge in [0.1, 0.15) is 11.6 Å². The minimum atomic E-state index is -0.889. The molecule has 1 N–H and O–H groups in total. The second kappa shape index (κ2) is 8.44. The van der Waals surface area contributed by atoms with Crippen molar-refractivity contribution < 1.29 is 13.9 Å². The summed E-state index contributed by atoms with van der Waals surface area (Å²) in [6.07, 6.45) is 5.85. The number of halogens is 3. The number of aromatic nitrogens is 1. The molecule has 0 spiro atoms. The Morgan fingerprint density at radius 3 is 2.55 bits per heavy atom. The predicted octanol–water partition coefficient (Wildman–Crippen LogP) is 6.32.